The van der Waals surface area contributed by atoms with Crippen molar-refractivity contribution in [3.8, 4) is 0 Å². The molecule has 5 atom stereocenters. The third-order valence-corrected chi connectivity index (χ3v) is 7.02. The summed E-state index contributed by atoms with van der Waals surface area (Å²) >= 11 is 0. The van der Waals surface area contributed by atoms with Crippen LogP contribution in [0, 0.1) is 0 Å². The monoisotopic (exact) mass is 520 g/mol. The van der Waals surface area contributed by atoms with Gasteiger partial charge in [0.1, 0.15) is 23.9 Å². The highest BCUT2D eigenvalue weighted by molar-refractivity contribution is 5.16. The number of ether oxygens (including phenoxy) is 5. The van der Waals surface area contributed by atoms with E-state index in [1.165, 1.54) is 0 Å². The Morgan fingerprint density at radius 3 is 1.82 bits per heavy atom. The zero-order valence-electron chi connectivity index (χ0n) is 22.4. The minimum atomic E-state index is -1.34. The maximum atomic E-state index is 12.3. The SMILES string of the molecule is CCCC[C@@]1(O)[C@H](OCc2ccccc2)[C@@H](OCc2ccccc2)[C@@H](OC)O[C@@H]1COCc1ccccc1. The summed E-state index contributed by atoms with van der Waals surface area (Å²) < 4.78 is 31.1. The van der Waals surface area contributed by atoms with Crippen LogP contribution >= 0.6 is 0 Å². The van der Waals surface area contributed by atoms with Crippen LogP contribution in [0.5, 0.6) is 0 Å². The van der Waals surface area contributed by atoms with Crippen molar-refractivity contribution in [2.45, 2.75) is 76.2 Å². The maximum Gasteiger partial charge on any atom is 0.186 e. The third-order valence-electron chi connectivity index (χ3n) is 7.02. The lowest BCUT2D eigenvalue weighted by Gasteiger charge is -2.51. The lowest BCUT2D eigenvalue weighted by Crippen LogP contribution is -2.68. The number of rotatable bonds is 14. The highest BCUT2D eigenvalue weighted by atomic mass is 16.7. The lowest BCUT2D eigenvalue weighted by atomic mass is 9.80. The lowest BCUT2D eigenvalue weighted by molar-refractivity contribution is -0.347. The Morgan fingerprint density at radius 1 is 0.763 bits per heavy atom. The van der Waals surface area contributed by atoms with Crippen LogP contribution in [-0.2, 0) is 43.5 Å². The molecule has 0 aliphatic carbocycles. The van der Waals surface area contributed by atoms with Gasteiger partial charge in [-0.25, -0.2) is 0 Å². The fourth-order valence-electron chi connectivity index (χ4n) is 4.89. The van der Waals surface area contributed by atoms with Crippen LogP contribution in [0.2, 0.25) is 0 Å². The molecule has 3 aromatic rings. The Balaban J connectivity index is 1.58. The molecule has 1 fully saturated rings. The number of methoxy groups -OCH3 is 1. The van der Waals surface area contributed by atoms with Gasteiger partial charge in [0, 0.05) is 7.11 Å². The average molecular weight is 521 g/mol. The van der Waals surface area contributed by atoms with Crippen molar-refractivity contribution in [3.05, 3.63) is 108 Å². The molecule has 0 unspecified atom stereocenters. The molecule has 1 heterocycles. The Hall–Kier alpha value is -2.58. The van der Waals surface area contributed by atoms with Crippen molar-refractivity contribution in [3.63, 3.8) is 0 Å². The Kier molecular flexibility index (Phi) is 10.9. The minimum Gasteiger partial charge on any atom is -0.384 e. The molecule has 0 spiro atoms. The van der Waals surface area contributed by atoms with Crippen molar-refractivity contribution in [2.75, 3.05) is 13.7 Å². The fourth-order valence-corrected chi connectivity index (χ4v) is 4.89. The van der Waals surface area contributed by atoms with Crippen LogP contribution < -0.4 is 0 Å². The number of hydrogen-bond acceptors (Lipinski definition) is 6. The van der Waals surface area contributed by atoms with Gasteiger partial charge in [-0.1, -0.05) is 111 Å². The minimum absolute atomic E-state index is 0.200. The van der Waals surface area contributed by atoms with Crippen molar-refractivity contribution >= 4 is 0 Å². The van der Waals surface area contributed by atoms with Gasteiger partial charge in [0.15, 0.2) is 6.29 Å². The average Bonchev–Trinajstić information content (AvgIpc) is 2.97. The zero-order chi connectivity index (χ0) is 26.6. The summed E-state index contributed by atoms with van der Waals surface area (Å²) in [5, 5.41) is 12.3. The molecule has 0 aromatic heterocycles. The second-order valence-electron chi connectivity index (χ2n) is 9.80. The van der Waals surface area contributed by atoms with E-state index in [9.17, 15) is 5.11 Å². The highest BCUT2D eigenvalue weighted by Crippen LogP contribution is 2.38. The van der Waals surface area contributed by atoms with E-state index in [0.717, 1.165) is 29.5 Å². The summed E-state index contributed by atoms with van der Waals surface area (Å²) in [4.78, 5) is 0. The van der Waals surface area contributed by atoms with Crippen molar-refractivity contribution in [1.82, 2.24) is 0 Å². The summed E-state index contributed by atoms with van der Waals surface area (Å²) in [5.41, 5.74) is 1.77. The van der Waals surface area contributed by atoms with Crippen LogP contribution in [0.25, 0.3) is 0 Å². The number of hydrogen-bond donors (Lipinski definition) is 1. The standard InChI is InChI=1S/C32H40O6/c1-3-4-20-32(33)28(24-35-21-25-14-8-5-9-15-25)38-31(34-2)29(36-22-26-16-10-6-11-17-26)30(32)37-23-27-18-12-7-13-19-27/h5-19,28-31,33H,3-4,20-24H2,1-2H3/t28-,29-,30-,31+,32+/m1/s1. The molecule has 38 heavy (non-hydrogen) atoms. The van der Waals surface area contributed by atoms with E-state index in [4.69, 9.17) is 23.7 Å². The fraction of sp³-hybridized carbons (Fsp3) is 0.438. The number of unbranched alkanes of at least 4 members (excludes halogenated alkanes) is 1. The first-order chi connectivity index (χ1) is 18.6. The van der Waals surface area contributed by atoms with Gasteiger partial charge in [-0.15, -0.1) is 0 Å². The molecular weight excluding hydrogens is 480 g/mol. The number of aliphatic hydroxyl groups is 1. The van der Waals surface area contributed by atoms with Gasteiger partial charge in [-0.05, 0) is 23.1 Å². The van der Waals surface area contributed by atoms with Gasteiger partial charge < -0.3 is 28.8 Å². The van der Waals surface area contributed by atoms with E-state index in [1.807, 2.05) is 91.0 Å². The predicted octanol–water partition coefficient (Wildman–Crippen LogP) is 5.67. The van der Waals surface area contributed by atoms with E-state index in [2.05, 4.69) is 6.92 Å². The second-order valence-corrected chi connectivity index (χ2v) is 9.80. The van der Waals surface area contributed by atoms with Crippen LogP contribution in [0.1, 0.15) is 42.9 Å². The summed E-state index contributed by atoms with van der Waals surface area (Å²) in [6, 6.07) is 29.9. The molecule has 1 aliphatic heterocycles. The molecular formula is C32H40O6. The van der Waals surface area contributed by atoms with E-state index in [1.54, 1.807) is 7.11 Å². The third kappa shape index (κ3) is 7.50. The van der Waals surface area contributed by atoms with E-state index in [-0.39, 0.29) is 6.61 Å². The van der Waals surface area contributed by atoms with E-state index in [0.29, 0.717) is 26.2 Å². The molecule has 6 nitrogen and oxygen atoms in total. The van der Waals surface area contributed by atoms with Crippen LogP contribution in [0.4, 0.5) is 0 Å². The molecule has 0 bridgehead atoms. The molecule has 0 radical (unpaired) electrons. The smallest absolute Gasteiger partial charge is 0.186 e. The first-order valence-corrected chi connectivity index (χ1v) is 13.5. The van der Waals surface area contributed by atoms with E-state index < -0.39 is 30.2 Å². The molecule has 4 rings (SSSR count). The summed E-state index contributed by atoms with van der Waals surface area (Å²) in [7, 11) is 1.59. The quantitative estimate of drug-likeness (QED) is 0.296. The Labute approximate surface area is 226 Å². The van der Waals surface area contributed by atoms with Gasteiger partial charge in [0.2, 0.25) is 0 Å². The van der Waals surface area contributed by atoms with Crippen LogP contribution in [0.15, 0.2) is 91.0 Å². The molecule has 1 saturated heterocycles. The Bertz CT molecular complexity index is 1050. The van der Waals surface area contributed by atoms with Gasteiger partial charge in [0.05, 0.1) is 26.4 Å². The normalized spacial score (nSPS) is 25.3. The van der Waals surface area contributed by atoms with Gasteiger partial charge in [-0.2, -0.15) is 0 Å². The largest absolute Gasteiger partial charge is 0.384 e. The summed E-state index contributed by atoms with van der Waals surface area (Å²) in [6.45, 7) is 3.41. The van der Waals surface area contributed by atoms with Crippen molar-refractivity contribution in [1.29, 1.82) is 0 Å². The summed E-state index contributed by atoms with van der Waals surface area (Å²) in [5.74, 6) is 0. The molecule has 1 N–H and O–H groups in total. The topological polar surface area (TPSA) is 66.4 Å². The van der Waals surface area contributed by atoms with Crippen LogP contribution in [0.3, 0.4) is 0 Å². The summed E-state index contributed by atoms with van der Waals surface area (Å²) in [6.07, 6.45) is -0.494. The van der Waals surface area contributed by atoms with E-state index >= 15 is 0 Å². The number of benzene rings is 3. The highest BCUT2D eigenvalue weighted by Gasteiger charge is 2.56. The van der Waals surface area contributed by atoms with Gasteiger partial charge in [-0.3, -0.25) is 0 Å². The van der Waals surface area contributed by atoms with Crippen molar-refractivity contribution < 1.29 is 28.8 Å². The van der Waals surface area contributed by atoms with Crippen molar-refractivity contribution in [2.24, 2.45) is 0 Å². The first kappa shape index (κ1) is 28.4. The van der Waals surface area contributed by atoms with Gasteiger partial charge in [0.25, 0.3) is 0 Å². The Morgan fingerprint density at radius 2 is 1.29 bits per heavy atom. The first-order valence-electron chi connectivity index (χ1n) is 13.5. The van der Waals surface area contributed by atoms with Gasteiger partial charge >= 0.3 is 0 Å². The molecule has 1 aliphatic rings. The second kappa shape index (κ2) is 14.5. The molecule has 0 saturated carbocycles. The van der Waals surface area contributed by atoms with Crippen LogP contribution in [-0.4, -0.2) is 49.0 Å². The molecule has 6 heteroatoms. The zero-order valence-corrected chi connectivity index (χ0v) is 22.4. The molecule has 204 valence electrons. The molecule has 3 aromatic carbocycles. The maximum absolute atomic E-state index is 12.3. The molecule has 0 amide bonds. The predicted molar refractivity (Wildman–Crippen MR) is 146 cm³/mol.